The van der Waals surface area contributed by atoms with Crippen LogP contribution in [-0.2, 0) is 4.79 Å². The predicted molar refractivity (Wildman–Crippen MR) is 151 cm³/mol. The Hall–Kier alpha value is -4.30. The van der Waals surface area contributed by atoms with Crippen molar-refractivity contribution < 1.29 is 4.79 Å². The van der Waals surface area contributed by atoms with E-state index in [-0.39, 0.29) is 5.91 Å². The maximum atomic E-state index is 12.2. The molecule has 184 valence electrons. The Labute approximate surface area is 218 Å². The molecule has 1 aromatic carbocycles. The summed E-state index contributed by atoms with van der Waals surface area (Å²) in [6.07, 6.45) is 7.74. The summed E-state index contributed by atoms with van der Waals surface area (Å²) in [5.41, 5.74) is 7.40. The van der Waals surface area contributed by atoms with E-state index in [1.807, 2.05) is 50.6 Å². The molecule has 0 spiro atoms. The van der Waals surface area contributed by atoms with Crippen molar-refractivity contribution in [3.63, 3.8) is 0 Å². The quantitative estimate of drug-likeness (QED) is 0.223. The van der Waals surface area contributed by atoms with E-state index in [0.717, 1.165) is 49.9 Å². The number of carbonyl (C=O) groups excluding carboxylic acids is 1. The van der Waals surface area contributed by atoms with Gasteiger partial charge in [-0.2, -0.15) is 5.10 Å². The molecule has 5 aromatic heterocycles. The first-order valence-corrected chi connectivity index (χ1v) is 13.0. The number of fused-ring (bicyclic) bond motifs is 2. The Bertz CT molecular complexity index is 1760. The van der Waals surface area contributed by atoms with E-state index in [2.05, 4.69) is 61.7 Å². The van der Waals surface area contributed by atoms with E-state index in [0.29, 0.717) is 18.0 Å². The van der Waals surface area contributed by atoms with Crippen molar-refractivity contribution in [2.24, 2.45) is 5.92 Å². The van der Waals surface area contributed by atoms with Crippen molar-refractivity contribution in [2.45, 2.75) is 27.2 Å². The zero-order chi connectivity index (χ0) is 25.5. The van der Waals surface area contributed by atoms with Crippen LogP contribution in [0.3, 0.4) is 0 Å². The average Bonchev–Trinajstić information content (AvgIpc) is 3.60. The van der Waals surface area contributed by atoms with Crippen LogP contribution in [0.2, 0.25) is 0 Å². The molecule has 6 aromatic rings. The lowest BCUT2D eigenvalue weighted by Crippen LogP contribution is -2.13. The number of H-pyrrole nitrogens is 2. The molecular weight excluding hydrogens is 480 g/mol. The fraction of sp³-hybridized carbons (Fsp3) is 0.172. The molecule has 6 rings (SSSR count). The van der Waals surface area contributed by atoms with Crippen molar-refractivity contribution >= 4 is 44.7 Å². The van der Waals surface area contributed by atoms with E-state index in [1.54, 1.807) is 17.5 Å². The second kappa shape index (κ2) is 9.29. The van der Waals surface area contributed by atoms with Gasteiger partial charge in [-0.25, -0.2) is 0 Å². The highest BCUT2D eigenvalue weighted by atomic mass is 32.1. The Morgan fingerprint density at radius 1 is 0.946 bits per heavy atom. The lowest BCUT2D eigenvalue weighted by molar-refractivity contribution is -0.116. The van der Waals surface area contributed by atoms with Gasteiger partial charge in [0.2, 0.25) is 5.91 Å². The van der Waals surface area contributed by atoms with Crippen LogP contribution in [0.25, 0.3) is 54.8 Å². The Morgan fingerprint density at radius 3 is 2.62 bits per heavy atom. The van der Waals surface area contributed by atoms with Crippen LogP contribution in [0.4, 0.5) is 5.69 Å². The standard InChI is InChI=1S/C29H26N6OS/c1-16(2)8-28(36)32-20-9-19(12-30-13-20)18-5-6-24-22(10-18)29(35-34-24)25-11-21-23(14-31-15-26(21)33-25)27-7-4-17(3)37-27/h4-7,9-16,33H,8H2,1-3H3,(H,32,36)(H,34,35). The minimum Gasteiger partial charge on any atom is -0.352 e. The molecule has 3 N–H and O–H groups in total. The highest BCUT2D eigenvalue weighted by molar-refractivity contribution is 7.15. The predicted octanol–water partition coefficient (Wildman–Crippen LogP) is 7.19. The minimum absolute atomic E-state index is 0.00750. The molecule has 0 bridgehead atoms. The van der Waals surface area contributed by atoms with Gasteiger partial charge in [-0.05, 0) is 54.8 Å². The molecule has 37 heavy (non-hydrogen) atoms. The zero-order valence-corrected chi connectivity index (χ0v) is 21.6. The molecule has 0 aliphatic rings. The number of aromatic nitrogens is 5. The van der Waals surface area contributed by atoms with Crippen molar-refractivity contribution in [1.29, 1.82) is 0 Å². The van der Waals surface area contributed by atoms with Gasteiger partial charge in [0, 0.05) is 50.5 Å². The number of anilines is 1. The van der Waals surface area contributed by atoms with Gasteiger partial charge in [0.15, 0.2) is 0 Å². The van der Waals surface area contributed by atoms with Gasteiger partial charge in [0.05, 0.1) is 34.8 Å². The summed E-state index contributed by atoms with van der Waals surface area (Å²) < 4.78 is 0. The van der Waals surface area contributed by atoms with Gasteiger partial charge in [0.1, 0.15) is 5.69 Å². The third-order valence-corrected chi connectivity index (χ3v) is 7.35. The Balaban J connectivity index is 1.38. The maximum absolute atomic E-state index is 12.2. The van der Waals surface area contributed by atoms with E-state index >= 15 is 0 Å². The summed E-state index contributed by atoms with van der Waals surface area (Å²) in [4.78, 5) is 27.0. The van der Waals surface area contributed by atoms with Gasteiger partial charge in [-0.15, -0.1) is 11.3 Å². The summed E-state index contributed by atoms with van der Waals surface area (Å²) in [5, 5.41) is 12.9. The van der Waals surface area contributed by atoms with Crippen LogP contribution in [0.5, 0.6) is 0 Å². The largest absolute Gasteiger partial charge is 0.352 e. The molecular formula is C29H26N6OS. The highest BCUT2D eigenvalue weighted by Crippen LogP contribution is 2.37. The molecule has 8 heteroatoms. The van der Waals surface area contributed by atoms with E-state index < -0.39 is 0 Å². The first-order valence-electron chi connectivity index (χ1n) is 12.2. The summed E-state index contributed by atoms with van der Waals surface area (Å²) in [6, 6.07) is 14.6. The summed E-state index contributed by atoms with van der Waals surface area (Å²) in [7, 11) is 0. The molecule has 0 aliphatic heterocycles. The second-order valence-corrected chi connectivity index (χ2v) is 11.0. The summed E-state index contributed by atoms with van der Waals surface area (Å²) in [6.45, 7) is 6.17. The molecule has 0 aliphatic carbocycles. The molecule has 7 nitrogen and oxygen atoms in total. The van der Waals surface area contributed by atoms with Crippen molar-refractivity contribution in [1.82, 2.24) is 25.1 Å². The van der Waals surface area contributed by atoms with E-state index in [4.69, 9.17) is 0 Å². The maximum Gasteiger partial charge on any atom is 0.224 e. The topological polar surface area (TPSA) is 99.3 Å². The number of nitrogens with zero attached hydrogens (tertiary/aromatic N) is 3. The van der Waals surface area contributed by atoms with Crippen LogP contribution in [0, 0.1) is 12.8 Å². The lowest BCUT2D eigenvalue weighted by atomic mass is 10.0. The number of pyridine rings is 2. The fourth-order valence-electron chi connectivity index (χ4n) is 4.60. The van der Waals surface area contributed by atoms with E-state index in [1.165, 1.54) is 9.75 Å². The van der Waals surface area contributed by atoms with Gasteiger partial charge >= 0.3 is 0 Å². The smallest absolute Gasteiger partial charge is 0.224 e. The van der Waals surface area contributed by atoms with Gasteiger partial charge < -0.3 is 10.3 Å². The second-order valence-electron chi connectivity index (χ2n) is 9.68. The Morgan fingerprint density at radius 2 is 1.81 bits per heavy atom. The number of nitrogens with one attached hydrogen (secondary N) is 3. The first kappa shape index (κ1) is 23.1. The molecule has 1 amide bonds. The number of amides is 1. The molecule has 5 heterocycles. The minimum atomic E-state index is -0.00750. The number of thiophene rings is 1. The SMILES string of the molecule is Cc1ccc(-c2cncc3[nH]c(-c4n[nH]c5ccc(-c6cncc(NC(=O)CC(C)C)c6)cc45)cc23)s1. The third-order valence-electron chi connectivity index (χ3n) is 6.32. The van der Waals surface area contributed by atoms with Crippen molar-refractivity contribution in [3.05, 3.63) is 72.1 Å². The molecule has 0 fully saturated rings. The number of aryl methyl sites for hydroxylation is 1. The molecule has 0 unspecified atom stereocenters. The number of hydrogen-bond acceptors (Lipinski definition) is 5. The zero-order valence-electron chi connectivity index (χ0n) is 20.8. The third kappa shape index (κ3) is 4.51. The number of benzene rings is 1. The van der Waals surface area contributed by atoms with Gasteiger partial charge in [-0.3, -0.25) is 19.9 Å². The number of rotatable bonds is 6. The monoisotopic (exact) mass is 506 g/mol. The average molecular weight is 507 g/mol. The molecule has 0 saturated heterocycles. The molecule has 0 saturated carbocycles. The van der Waals surface area contributed by atoms with Crippen LogP contribution >= 0.6 is 11.3 Å². The highest BCUT2D eigenvalue weighted by Gasteiger charge is 2.15. The normalized spacial score (nSPS) is 11.6. The van der Waals surface area contributed by atoms with Crippen LogP contribution in [0.15, 0.2) is 67.3 Å². The van der Waals surface area contributed by atoms with Crippen LogP contribution < -0.4 is 5.32 Å². The molecule has 0 radical (unpaired) electrons. The van der Waals surface area contributed by atoms with Crippen LogP contribution in [-0.4, -0.2) is 31.1 Å². The van der Waals surface area contributed by atoms with E-state index in [9.17, 15) is 4.79 Å². The van der Waals surface area contributed by atoms with Crippen molar-refractivity contribution in [2.75, 3.05) is 5.32 Å². The first-order chi connectivity index (χ1) is 17.9. The van der Waals surface area contributed by atoms with Crippen molar-refractivity contribution in [3.8, 4) is 33.0 Å². The lowest BCUT2D eigenvalue weighted by Gasteiger charge is -2.09. The number of hydrogen-bond donors (Lipinski definition) is 3. The molecule has 0 atom stereocenters. The number of aromatic amines is 2. The fourth-order valence-corrected chi connectivity index (χ4v) is 5.49. The van der Waals surface area contributed by atoms with Gasteiger partial charge in [0.25, 0.3) is 0 Å². The van der Waals surface area contributed by atoms with Gasteiger partial charge in [-0.1, -0.05) is 19.9 Å². The summed E-state index contributed by atoms with van der Waals surface area (Å²) in [5.74, 6) is 0.288. The summed E-state index contributed by atoms with van der Waals surface area (Å²) >= 11 is 1.76. The Kier molecular flexibility index (Phi) is 5.81. The number of carbonyl (C=O) groups is 1. The van der Waals surface area contributed by atoms with Crippen LogP contribution in [0.1, 0.15) is 25.1 Å².